The van der Waals surface area contributed by atoms with E-state index in [1.807, 2.05) is 26.0 Å². The fourth-order valence-corrected chi connectivity index (χ4v) is 6.98. The highest BCUT2D eigenvalue weighted by Gasteiger charge is 2.33. The normalized spacial score (nSPS) is 27.9. The van der Waals surface area contributed by atoms with Crippen molar-refractivity contribution in [2.75, 3.05) is 25.0 Å². The molecule has 2 fully saturated rings. The summed E-state index contributed by atoms with van der Waals surface area (Å²) in [4.78, 5) is 0.293. The first-order valence-electron chi connectivity index (χ1n) is 11.8. The van der Waals surface area contributed by atoms with Crippen LogP contribution in [0.5, 0.6) is 0 Å². The summed E-state index contributed by atoms with van der Waals surface area (Å²) in [6.07, 6.45) is 3.31. The van der Waals surface area contributed by atoms with E-state index in [-0.39, 0.29) is 18.2 Å². The molecular formula is C23H39N3O5S2. The fourth-order valence-electron chi connectivity index (χ4n) is 4.36. The fraction of sp³-hybridized carbons (Fsp3) is 0.739. The van der Waals surface area contributed by atoms with Crippen molar-refractivity contribution in [2.45, 2.75) is 88.2 Å². The molecule has 0 bridgehead atoms. The Kier molecular flexibility index (Phi) is 8.16. The number of ether oxygens (including phenoxy) is 1. The van der Waals surface area contributed by atoms with Crippen LogP contribution in [0, 0.1) is 5.92 Å². The highest BCUT2D eigenvalue weighted by molar-refractivity contribution is 7.90. The van der Waals surface area contributed by atoms with Gasteiger partial charge in [-0.2, -0.15) is 4.31 Å². The van der Waals surface area contributed by atoms with E-state index in [1.54, 1.807) is 32.9 Å². The lowest BCUT2D eigenvalue weighted by Crippen LogP contribution is -2.48. The van der Waals surface area contributed by atoms with Gasteiger partial charge in [-0.05, 0) is 90.5 Å². The molecule has 0 amide bonds. The lowest BCUT2D eigenvalue weighted by molar-refractivity contribution is -0.0440. The third-order valence-corrected chi connectivity index (χ3v) is 10.5. The van der Waals surface area contributed by atoms with E-state index in [4.69, 9.17) is 4.74 Å². The van der Waals surface area contributed by atoms with Gasteiger partial charge in [0.25, 0.3) is 0 Å². The molecule has 0 aromatic heterocycles. The SMILES string of the molecule is CC1CN(S(=O)(=O)c2ccc(NCC3CCC(NS(=O)(=O)C(C)(C)C)CC3)cc2)CC(C)O1. The molecule has 1 saturated heterocycles. The smallest absolute Gasteiger partial charge is 0.243 e. The molecule has 1 heterocycles. The maximum absolute atomic E-state index is 13.0. The Morgan fingerprint density at radius 3 is 2.00 bits per heavy atom. The molecule has 10 heteroatoms. The molecule has 188 valence electrons. The number of benzene rings is 1. The van der Waals surface area contributed by atoms with Gasteiger partial charge in [0.1, 0.15) is 0 Å². The lowest BCUT2D eigenvalue weighted by Gasteiger charge is -2.34. The van der Waals surface area contributed by atoms with Crippen LogP contribution in [-0.4, -0.2) is 63.8 Å². The van der Waals surface area contributed by atoms with Crippen molar-refractivity contribution < 1.29 is 21.6 Å². The van der Waals surface area contributed by atoms with Crippen LogP contribution in [0.4, 0.5) is 5.69 Å². The molecule has 8 nitrogen and oxygen atoms in total. The number of morpholine rings is 1. The third-order valence-electron chi connectivity index (χ3n) is 6.45. The Morgan fingerprint density at radius 2 is 1.48 bits per heavy atom. The average Bonchev–Trinajstić information content (AvgIpc) is 2.72. The number of sulfonamides is 2. The molecule has 2 aliphatic rings. The summed E-state index contributed by atoms with van der Waals surface area (Å²) in [5.41, 5.74) is 0.883. The van der Waals surface area contributed by atoms with Crippen LogP contribution in [0.2, 0.25) is 0 Å². The summed E-state index contributed by atoms with van der Waals surface area (Å²) >= 11 is 0. The molecule has 2 atom stereocenters. The molecule has 2 unspecified atom stereocenters. The molecule has 1 aromatic carbocycles. The van der Waals surface area contributed by atoms with Crippen molar-refractivity contribution in [3.63, 3.8) is 0 Å². The highest BCUT2D eigenvalue weighted by atomic mass is 32.2. The largest absolute Gasteiger partial charge is 0.385 e. The molecule has 2 N–H and O–H groups in total. The van der Waals surface area contributed by atoms with Crippen LogP contribution in [0.25, 0.3) is 0 Å². The van der Waals surface area contributed by atoms with E-state index < -0.39 is 24.8 Å². The van der Waals surface area contributed by atoms with E-state index in [9.17, 15) is 16.8 Å². The molecule has 1 aliphatic heterocycles. The Labute approximate surface area is 199 Å². The molecule has 1 aromatic rings. The van der Waals surface area contributed by atoms with Crippen LogP contribution in [0.3, 0.4) is 0 Å². The lowest BCUT2D eigenvalue weighted by atomic mass is 9.86. The zero-order valence-electron chi connectivity index (χ0n) is 20.4. The molecule has 3 rings (SSSR count). The minimum Gasteiger partial charge on any atom is -0.385 e. The number of hydrogen-bond donors (Lipinski definition) is 2. The Hall–Kier alpha value is -1.20. The van der Waals surface area contributed by atoms with Gasteiger partial charge in [-0.25, -0.2) is 21.6 Å². The second-order valence-electron chi connectivity index (χ2n) is 10.4. The highest BCUT2D eigenvalue weighted by Crippen LogP contribution is 2.27. The van der Waals surface area contributed by atoms with E-state index in [0.29, 0.717) is 23.9 Å². The summed E-state index contributed by atoms with van der Waals surface area (Å²) in [6, 6.07) is 6.92. The van der Waals surface area contributed by atoms with Gasteiger partial charge in [-0.1, -0.05) is 0 Å². The van der Waals surface area contributed by atoms with Gasteiger partial charge in [-0.15, -0.1) is 0 Å². The maximum Gasteiger partial charge on any atom is 0.243 e. The van der Waals surface area contributed by atoms with Gasteiger partial charge in [0, 0.05) is 31.4 Å². The van der Waals surface area contributed by atoms with Gasteiger partial charge in [0.2, 0.25) is 20.0 Å². The van der Waals surface area contributed by atoms with Crippen LogP contribution in [0.1, 0.15) is 60.3 Å². The summed E-state index contributed by atoms with van der Waals surface area (Å²) in [6.45, 7) is 10.4. The monoisotopic (exact) mass is 501 g/mol. The Morgan fingerprint density at radius 1 is 0.939 bits per heavy atom. The van der Waals surface area contributed by atoms with Crippen LogP contribution in [-0.2, 0) is 24.8 Å². The van der Waals surface area contributed by atoms with Crippen molar-refractivity contribution in [3.8, 4) is 0 Å². The van der Waals surface area contributed by atoms with Crippen LogP contribution in [0.15, 0.2) is 29.2 Å². The average molecular weight is 502 g/mol. The van der Waals surface area contributed by atoms with E-state index in [1.165, 1.54) is 4.31 Å². The zero-order chi connectivity index (χ0) is 24.4. The maximum atomic E-state index is 13.0. The second-order valence-corrected chi connectivity index (χ2v) is 14.8. The summed E-state index contributed by atoms with van der Waals surface area (Å²) in [5.74, 6) is 0.458. The van der Waals surface area contributed by atoms with Gasteiger partial charge >= 0.3 is 0 Å². The Balaban J connectivity index is 1.49. The van der Waals surface area contributed by atoms with Crippen molar-refractivity contribution in [1.29, 1.82) is 0 Å². The molecule has 1 saturated carbocycles. The predicted octanol–water partition coefficient (Wildman–Crippen LogP) is 3.17. The Bertz CT molecular complexity index is 986. The van der Waals surface area contributed by atoms with E-state index in [0.717, 1.165) is 37.9 Å². The van der Waals surface area contributed by atoms with Crippen molar-refractivity contribution in [2.24, 2.45) is 5.92 Å². The molecule has 0 radical (unpaired) electrons. The quantitative estimate of drug-likeness (QED) is 0.595. The van der Waals surface area contributed by atoms with E-state index in [2.05, 4.69) is 10.0 Å². The first-order valence-corrected chi connectivity index (χ1v) is 14.7. The summed E-state index contributed by atoms with van der Waals surface area (Å²) < 4.78 is 59.9. The number of anilines is 1. The number of rotatable bonds is 7. The van der Waals surface area contributed by atoms with Crippen molar-refractivity contribution >= 4 is 25.7 Å². The number of nitrogens with one attached hydrogen (secondary N) is 2. The number of hydrogen-bond acceptors (Lipinski definition) is 6. The standard InChI is InChI=1S/C23H39N3O5S2/c1-17-15-26(16-18(2)31-17)32(27,28)22-12-10-20(11-13-22)24-14-19-6-8-21(9-7-19)25-33(29,30)23(3,4)5/h10-13,17-19,21,24-25H,6-9,14-16H2,1-5H3. The summed E-state index contributed by atoms with van der Waals surface area (Å²) in [7, 11) is -6.87. The molecule has 1 aliphatic carbocycles. The van der Waals surface area contributed by atoms with Crippen molar-refractivity contribution in [3.05, 3.63) is 24.3 Å². The third kappa shape index (κ3) is 6.69. The van der Waals surface area contributed by atoms with Crippen LogP contribution >= 0.6 is 0 Å². The van der Waals surface area contributed by atoms with Crippen LogP contribution < -0.4 is 10.0 Å². The van der Waals surface area contributed by atoms with Crippen molar-refractivity contribution in [1.82, 2.24) is 9.03 Å². The van der Waals surface area contributed by atoms with Gasteiger partial charge in [-0.3, -0.25) is 0 Å². The first-order chi connectivity index (χ1) is 15.3. The molecular weight excluding hydrogens is 462 g/mol. The molecule has 33 heavy (non-hydrogen) atoms. The van der Waals surface area contributed by atoms with Gasteiger partial charge in [0.15, 0.2) is 0 Å². The minimum absolute atomic E-state index is 0.000545. The minimum atomic E-state index is -3.54. The van der Waals surface area contributed by atoms with Gasteiger partial charge in [0.05, 0.1) is 21.9 Å². The molecule has 0 spiro atoms. The van der Waals surface area contributed by atoms with Gasteiger partial charge < -0.3 is 10.1 Å². The first kappa shape index (κ1) is 26.4. The number of nitrogens with zero attached hydrogens (tertiary/aromatic N) is 1. The second kappa shape index (κ2) is 10.2. The predicted molar refractivity (Wildman–Crippen MR) is 131 cm³/mol. The summed E-state index contributed by atoms with van der Waals surface area (Å²) in [5, 5.41) is 3.41. The zero-order valence-corrected chi connectivity index (χ0v) is 22.0. The topological polar surface area (TPSA) is 105 Å². The van der Waals surface area contributed by atoms with E-state index >= 15 is 0 Å².